The minimum Gasteiger partial charge on any atom is -0.480 e. The Morgan fingerprint density at radius 2 is 2.20 bits per heavy atom. The molecule has 108 valence electrons. The number of aliphatic carboxylic acids is 1. The molecule has 1 aromatic heterocycles. The molecule has 1 aliphatic heterocycles. The average Bonchev–Trinajstić information content (AvgIpc) is 2.95. The molecule has 6 heteroatoms. The second-order valence-electron chi connectivity index (χ2n) is 5.41. The highest BCUT2D eigenvalue weighted by Gasteiger charge is 2.41. The lowest BCUT2D eigenvalue weighted by atomic mass is 10.2. The van der Waals surface area contributed by atoms with Crippen molar-refractivity contribution >= 4 is 12.0 Å². The van der Waals surface area contributed by atoms with Crippen LogP contribution in [0.5, 0.6) is 0 Å². The van der Waals surface area contributed by atoms with Crippen LogP contribution in [-0.2, 0) is 11.3 Å². The average molecular weight is 278 g/mol. The molecule has 0 unspecified atom stereocenters. The fourth-order valence-corrected chi connectivity index (χ4v) is 2.73. The van der Waals surface area contributed by atoms with E-state index in [9.17, 15) is 14.7 Å². The third-order valence-electron chi connectivity index (χ3n) is 3.92. The van der Waals surface area contributed by atoms with Crippen molar-refractivity contribution in [1.82, 2.24) is 9.80 Å². The molecule has 3 rings (SSSR count). The van der Waals surface area contributed by atoms with Gasteiger partial charge in [-0.25, -0.2) is 9.59 Å². The Morgan fingerprint density at radius 3 is 2.80 bits per heavy atom. The van der Waals surface area contributed by atoms with Crippen molar-refractivity contribution in [3.63, 3.8) is 0 Å². The minimum atomic E-state index is -0.912. The predicted molar refractivity (Wildman–Crippen MR) is 70.0 cm³/mol. The van der Waals surface area contributed by atoms with Crippen LogP contribution in [0.2, 0.25) is 0 Å². The van der Waals surface area contributed by atoms with Crippen LogP contribution in [0.3, 0.4) is 0 Å². The molecule has 1 atom stereocenters. The maximum absolute atomic E-state index is 12.6. The number of carbonyl (C=O) groups excluding carboxylic acids is 1. The van der Waals surface area contributed by atoms with E-state index in [2.05, 4.69) is 0 Å². The number of furan rings is 1. The summed E-state index contributed by atoms with van der Waals surface area (Å²) in [5.41, 5.74) is 0. The third-order valence-corrected chi connectivity index (χ3v) is 3.92. The number of hydrogen-bond donors (Lipinski definition) is 1. The molecule has 0 aromatic carbocycles. The van der Waals surface area contributed by atoms with Crippen molar-refractivity contribution in [2.24, 2.45) is 0 Å². The fourth-order valence-electron chi connectivity index (χ4n) is 2.73. The molecule has 20 heavy (non-hydrogen) atoms. The highest BCUT2D eigenvalue weighted by atomic mass is 16.4. The predicted octanol–water partition coefficient (Wildman–Crippen LogP) is 1.91. The zero-order chi connectivity index (χ0) is 14.1. The first-order chi connectivity index (χ1) is 9.66. The molecule has 1 N–H and O–H groups in total. The van der Waals surface area contributed by atoms with Gasteiger partial charge in [-0.3, -0.25) is 0 Å². The second-order valence-corrected chi connectivity index (χ2v) is 5.41. The molecule has 2 fully saturated rings. The van der Waals surface area contributed by atoms with Crippen LogP contribution in [0.25, 0.3) is 0 Å². The van der Waals surface area contributed by atoms with E-state index in [0.717, 1.165) is 25.0 Å². The number of hydrogen-bond acceptors (Lipinski definition) is 3. The molecule has 0 radical (unpaired) electrons. The van der Waals surface area contributed by atoms with Gasteiger partial charge in [0.05, 0.1) is 12.8 Å². The van der Waals surface area contributed by atoms with Crippen LogP contribution in [0.15, 0.2) is 22.8 Å². The molecule has 2 amide bonds. The van der Waals surface area contributed by atoms with Gasteiger partial charge in [-0.15, -0.1) is 0 Å². The number of carboxylic acid groups (broad SMARTS) is 1. The molecule has 1 aliphatic carbocycles. The molecule has 0 spiro atoms. The van der Waals surface area contributed by atoms with Crippen LogP contribution < -0.4 is 0 Å². The molecule has 6 nitrogen and oxygen atoms in total. The lowest BCUT2D eigenvalue weighted by Crippen LogP contribution is -2.48. The number of amides is 2. The van der Waals surface area contributed by atoms with Gasteiger partial charge in [0.2, 0.25) is 0 Å². The van der Waals surface area contributed by atoms with Gasteiger partial charge in [0.15, 0.2) is 0 Å². The van der Waals surface area contributed by atoms with E-state index in [1.165, 1.54) is 4.90 Å². The summed E-state index contributed by atoms with van der Waals surface area (Å²) in [5.74, 6) is -0.180. The summed E-state index contributed by atoms with van der Waals surface area (Å²) in [6.45, 7) is 0.941. The smallest absolute Gasteiger partial charge is 0.326 e. The van der Waals surface area contributed by atoms with Crippen molar-refractivity contribution in [3.8, 4) is 0 Å². The molecular weight excluding hydrogens is 260 g/mol. The Labute approximate surface area is 117 Å². The molecule has 0 bridgehead atoms. The van der Waals surface area contributed by atoms with Crippen molar-refractivity contribution in [1.29, 1.82) is 0 Å². The highest BCUT2D eigenvalue weighted by Crippen LogP contribution is 2.31. The van der Waals surface area contributed by atoms with Crippen molar-refractivity contribution in [2.75, 3.05) is 6.54 Å². The first kappa shape index (κ1) is 13.0. The van der Waals surface area contributed by atoms with E-state index in [0.29, 0.717) is 19.5 Å². The van der Waals surface area contributed by atoms with Crippen LogP contribution in [0.1, 0.15) is 31.4 Å². The topological polar surface area (TPSA) is 74.0 Å². The monoisotopic (exact) mass is 278 g/mol. The molecular formula is C14H18N2O4. The van der Waals surface area contributed by atoms with E-state index in [1.54, 1.807) is 17.2 Å². The van der Waals surface area contributed by atoms with Crippen molar-refractivity contribution in [2.45, 2.75) is 44.3 Å². The quantitative estimate of drug-likeness (QED) is 0.913. The van der Waals surface area contributed by atoms with Crippen LogP contribution in [0.4, 0.5) is 4.79 Å². The SMILES string of the molecule is O=C(O)[C@@H]1CCCN1C(=O)N(Cc1ccco1)C1CC1. The summed E-state index contributed by atoms with van der Waals surface area (Å²) < 4.78 is 5.30. The Bertz CT molecular complexity index is 495. The van der Waals surface area contributed by atoms with Gasteiger partial charge in [0.1, 0.15) is 11.8 Å². The maximum Gasteiger partial charge on any atom is 0.326 e. The Kier molecular flexibility index (Phi) is 3.38. The van der Waals surface area contributed by atoms with Crippen molar-refractivity contribution in [3.05, 3.63) is 24.2 Å². The summed E-state index contributed by atoms with van der Waals surface area (Å²) in [6, 6.07) is 3.00. The van der Waals surface area contributed by atoms with E-state index in [4.69, 9.17) is 4.42 Å². The van der Waals surface area contributed by atoms with Crippen LogP contribution in [0, 0.1) is 0 Å². The third kappa shape index (κ3) is 2.50. The summed E-state index contributed by atoms with van der Waals surface area (Å²) >= 11 is 0. The molecule has 1 saturated heterocycles. The van der Waals surface area contributed by atoms with Gasteiger partial charge in [-0.1, -0.05) is 0 Å². The lowest BCUT2D eigenvalue weighted by molar-refractivity contribution is -0.141. The Morgan fingerprint density at radius 1 is 1.40 bits per heavy atom. The second kappa shape index (κ2) is 5.19. The zero-order valence-electron chi connectivity index (χ0n) is 11.2. The zero-order valence-corrected chi connectivity index (χ0v) is 11.2. The van der Waals surface area contributed by atoms with Gasteiger partial charge >= 0.3 is 12.0 Å². The maximum atomic E-state index is 12.6. The van der Waals surface area contributed by atoms with E-state index < -0.39 is 12.0 Å². The molecule has 2 aliphatic rings. The standard InChI is InChI=1S/C14H18N2O4/c17-13(18)12-4-1-7-15(12)14(19)16(10-5-6-10)9-11-3-2-8-20-11/h2-3,8,10,12H,1,4-7,9H2,(H,17,18)/t12-/m0/s1. The normalized spacial score (nSPS) is 22.0. The summed E-state index contributed by atoms with van der Waals surface area (Å²) in [5, 5.41) is 9.19. The first-order valence-corrected chi connectivity index (χ1v) is 6.99. The largest absolute Gasteiger partial charge is 0.480 e. The van der Waals surface area contributed by atoms with Crippen LogP contribution in [-0.4, -0.2) is 45.5 Å². The molecule has 1 aromatic rings. The summed E-state index contributed by atoms with van der Waals surface area (Å²) in [4.78, 5) is 27.1. The van der Waals surface area contributed by atoms with Gasteiger partial charge in [0.25, 0.3) is 0 Å². The summed E-state index contributed by atoms with van der Waals surface area (Å²) in [6.07, 6.45) is 4.85. The number of likely N-dealkylation sites (tertiary alicyclic amines) is 1. The minimum absolute atomic E-state index is 0.172. The lowest BCUT2D eigenvalue weighted by Gasteiger charge is -2.29. The van der Waals surface area contributed by atoms with Crippen LogP contribution >= 0.6 is 0 Å². The number of nitrogens with zero attached hydrogens (tertiary/aromatic N) is 2. The van der Waals surface area contributed by atoms with Gasteiger partial charge in [-0.2, -0.15) is 0 Å². The number of urea groups is 1. The Balaban J connectivity index is 1.73. The summed E-state index contributed by atoms with van der Waals surface area (Å²) in [7, 11) is 0. The van der Waals surface area contributed by atoms with Crippen molar-refractivity contribution < 1.29 is 19.1 Å². The van der Waals surface area contributed by atoms with Gasteiger partial charge in [-0.05, 0) is 37.8 Å². The Hall–Kier alpha value is -1.98. The van der Waals surface area contributed by atoms with E-state index >= 15 is 0 Å². The molecule has 1 saturated carbocycles. The molecule has 2 heterocycles. The van der Waals surface area contributed by atoms with Gasteiger partial charge in [0, 0.05) is 12.6 Å². The van der Waals surface area contributed by atoms with E-state index in [-0.39, 0.29) is 12.1 Å². The first-order valence-electron chi connectivity index (χ1n) is 6.99. The van der Waals surface area contributed by atoms with E-state index in [1.807, 2.05) is 6.07 Å². The number of rotatable bonds is 4. The fraction of sp³-hybridized carbons (Fsp3) is 0.571. The van der Waals surface area contributed by atoms with Gasteiger partial charge < -0.3 is 19.3 Å². The number of carboxylic acids is 1. The number of carbonyl (C=O) groups is 2. The highest BCUT2D eigenvalue weighted by molar-refractivity contribution is 5.83.